The molecule has 0 saturated heterocycles. The maximum atomic E-state index is 12.3. The van der Waals surface area contributed by atoms with E-state index in [9.17, 15) is 4.79 Å². The first-order valence-electron chi connectivity index (χ1n) is 6.18. The Labute approximate surface area is 101 Å². The van der Waals surface area contributed by atoms with E-state index in [1.165, 1.54) is 0 Å². The van der Waals surface area contributed by atoms with Gasteiger partial charge in [-0.3, -0.25) is 9.48 Å². The molecule has 0 amide bonds. The van der Waals surface area contributed by atoms with Gasteiger partial charge in [0.1, 0.15) is 5.69 Å². The van der Waals surface area contributed by atoms with E-state index in [1.54, 1.807) is 10.9 Å². The van der Waals surface area contributed by atoms with E-state index in [-0.39, 0.29) is 5.78 Å². The summed E-state index contributed by atoms with van der Waals surface area (Å²) in [5.41, 5.74) is 2.40. The Bertz CT molecular complexity index is 446. The van der Waals surface area contributed by atoms with Crippen LogP contribution in [0.25, 0.3) is 0 Å². The van der Waals surface area contributed by atoms with E-state index in [4.69, 9.17) is 4.74 Å². The normalized spacial score (nSPS) is 15.3. The maximum Gasteiger partial charge on any atom is 0.210 e. The maximum absolute atomic E-state index is 12.3. The van der Waals surface area contributed by atoms with Gasteiger partial charge in [0.05, 0.1) is 18.6 Å². The highest BCUT2D eigenvalue weighted by atomic mass is 16.5. The number of hydrogen-bond acceptors (Lipinski definition) is 3. The molecule has 92 valence electrons. The van der Waals surface area contributed by atoms with Gasteiger partial charge in [-0.15, -0.1) is 0 Å². The summed E-state index contributed by atoms with van der Waals surface area (Å²) in [6.07, 6.45) is 4.17. The van der Waals surface area contributed by atoms with Gasteiger partial charge >= 0.3 is 0 Å². The molecule has 0 saturated carbocycles. The lowest BCUT2D eigenvalue weighted by atomic mass is 10.0. The highest BCUT2D eigenvalue weighted by Gasteiger charge is 2.20. The second-order valence-electron chi connectivity index (χ2n) is 4.14. The number of aromatic nitrogens is 2. The molecule has 0 aromatic carbocycles. The summed E-state index contributed by atoms with van der Waals surface area (Å²) in [7, 11) is 0. The van der Waals surface area contributed by atoms with E-state index < -0.39 is 0 Å². The first kappa shape index (κ1) is 11.9. The lowest BCUT2D eigenvalue weighted by molar-refractivity contribution is 0.1000. The number of allylic oxidation sites excluding steroid dienone is 1. The molecule has 0 fully saturated rings. The molecule has 2 heterocycles. The molecule has 1 aliphatic rings. The largest absolute Gasteiger partial charge is 0.501 e. The van der Waals surface area contributed by atoms with Gasteiger partial charge in [-0.1, -0.05) is 6.92 Å². The van der Waals surface area contributed by atoms with Crippen LogP contribution in [0, 0.1) is 0 Å². The predicted octanol–water partition coefficient (Wildman–Crippen LogP) is 2.34. The minimum atomic E-state index is 0.0544. The van der Waals surface area contributed by atoms with Crippen LogP contribution in [0.1, 0.15) is 42.9 Å². The smallest absolute Gasteiger partial charge is 0.210 e. The molecule has 2 rings (SSSR count). The minimum Gasteiger partial charge on any atom is -0.501 e. The molecule has 1 aliphatic heterocycles. The van der Waals surface area contributed by atoms with E-state index in [0.717, 1.165) is 37.1 Å². The predicted molar refractivity (Wildman–Crippen MR) is 64.9 cm³/mol. The SMILES string of the molecule is CCc1cc(C(=O)C2=COCCC2)n(CC)n1. The number of rotatable bonds is 4. The third-order valence-electron chi connectivity index (χ3n) is 2.95. The van der Waals surface area contributed by atoms with Gasteiger partial charge in [-0.05, 0) is 32.3 Å². The summed E-state index contributed by atoms with van der Waals surface area (Å²) in [4.78, 5) is 12.3. The van der Waals surface area contributed by atoms with Gasteiger partial charge in [0.25, 0.3) is 0 Å². The fourth-order valence-electron chi connectivity index (χ4n) is 1.96. The van der Waals surface area contributed by atoms with E-state index in [2.05, 4.69) is 5.10 Å². The van der Waals surface area contributed by atoms with Crippen LogP contribution >= 0.6 is 0 Å². The molecule has 0 spiro atoms. The third-order valence-corrected chi connectivity index (χ3v) is 2.95. The standard InChI is InChI=1S/C13H18N2O2/c1-3-11-8-12(15(4-2)14-11)13(16)10-6-5-7-17-9-10/h8-9H,3-7H2,1-2H3. The number of nitrogens with zero attached hydrogens (tertiary/aromatic N) is 2. The zero-order valence-corrected chi connectivity index (χ0v) is 10.4. The van der Waals surface area contributed by atoms with Crippen LogP contribution in [0.2, 0.25) is 0 Å². The second kappa shape index (κ2) is 5.17. The van der Waals surface area contributed by atoms with Crippen molar-refractivity contribution in [1.29, 1.82) is 0 Å². The number of hydrogen-bond donors (Lipinski definition) is 0. The zero-order chi connectivity index (χ0) is 12.3. The summed E-state index contributed by atoms with van der Waals surface area (Å²) in [6.45, 7) is 5.47. The zero-order valence-electron chi connectivity index (χ0n) is 10.4. The van der Waals surface area contributed by atoms with E-state index in [1.807, 2.05) is 19.9 Å². The van der Waals surface area contributed by atoms with Crippen LogP contribution in [0.3, 0.4) is 0 Å². The number of ketones is 1. The Hall–Kier alpha value is -1.58. The molecule has 0 bridgehead atoms. The van der Waals surface area contributed by atoms with Gasteiger partial charge in [0.15, 0.2) is 0 Å². The van der Waals surface area contributed by atoms with E-state index in [0.29, 0.717) is 12.3 Å². The Morgan fingerprint density at radius 1 is 1.53 bits per heavy atom. The van der Waals surface area contributed by atoms with Crippen LogP contribution < -0.4 is 0 Å². The fourth-order valence-corrected chi connectivity index (χ4v) is 1.96. The number of Topliss-reactive ketones (excluding diaryl/α,β-unsaturated/α-hetero) is 1. The molecular weight excluding hydrogens is 216 g/mol. The van der Waals surface area contributed by atoms with Crippen molar-refractivity contribution in [2.24, 2.45) is 0 Å². The number of aryl methyl sites for hydroxylation is 2. The lowest BCUT2D eigenvalue weighted by Crippen LogP contribution is -2.14. The molecule has 0 radical (unpaired) electrons. The van der Waals surface area contributed by atoms with Crippen molar-refractivity contribution < 1.29 is 9.53 Å². The summed E-state index contributed by atoms with van der Waals surface area (Å²) >= 11 is 0. The molecule has 4 heteroatoms. The molecule has 1 aromatic heterocycles. The van der Waals surface area contributed by atoms with Gasteiger partial charge in [0, 0.05) is 12.1 Å². The second-order valence-corrected chi connectivity index (χ2v) is 4.14. The molecule has 17 heavy (non-hydrogen) atoms. The topological polar surface area (TPSA) is 44.1 Å². The summed E-state index contributed by atoms with van der Waals surface area (Å²) in [6, 6.07) is 1.89. The molecule has 0 unspecified atom stereocenters. The fraction of sp³-hybridized carbons (Fsp3) is 0.538. The van der Waals surface area contributed by atoms with E-state index >= 15 is 0 Å². The van der Waals surface area contributed by atoms with Crippen molar-refractivity contribution in [3.8, 4) is 0 Å². The van der Waals surface area contributed by atoms with Gasteiger partial charge < -0.3 is 4.74 Å². The molecule has 0 N–H and O–H groups in total. The lowest BCUT2D eigenvalue weighted by Gasteiger charge is -2.12. The molecule has 4 nitrogen and oxygen atoms in total. The quantitative estimate of drug-likeness (QED) is 0.751. The highest BCUT2D eigenvalue weighted by Crippen LogP contribution is 2.18. The molecule has 0 aliphatic carbocycles. The summed E-state index contributed by atoms with van der Waals surface area (Å²) in [5, 5.41) is 4.39. The van der Waals surface area contributed by atoms with Crippen molar-refractivity contribution in [3.63, 3.8) is 0 Å². The summed E-state index contributed by atoms with van der Waals surface area (Å²) in [5.74, 6) is 0.0544. The van der Waals surface area contributed by atoms with Crippen molar-refractivity contribution in [2.75, 3.05) is 6.61 Å². The highest BCUT2D eigenvalue weighted by molar-refractivity contribution is 6.07. The Kier molecular flexibility index (Phi) is 3.61. The van der Waals surface area contributed by atoms with Crippen molar-refractivity contribution in [3.05, 3.63) is 29.3 Å². The number of carbonyl (C=O) groups excluding carboxylic acids is 1. The molecule has 0 atom stereocenters. The average molecular weight is 234 g/mol. The van der Waals surface area contributed by atoms with Crippen LogP contribution in [0.15, 0.2) is 17.9 Å². The number of ether oxygens (including phenoxy) is 1. The first-order chi connectivity index (χ1) is 8.26. The number of carbonyl (C=O) groups is 1. The van der Waals surface area contributed by atoms with Crippen LogP contribution in [-0.2, 0) is 17.7 Å². The average Bonchev–Trinajstić information content (AvgIpc) is 2.82. The summed E-state index contributed by atoms with van der Waals surface area (Å²) < 4.78 is 6.99. The van der Waals surface area contributed by atoms with Crippen LogP contribution in [0.4, 0.5) is 0 Å². The van der Waals surface area contributed by atoms with Gasteiger partial charge in [-0.2, -0.15) is 5.10 Å². The van der Waals surface area contributed by atoms with Gasteiger partial charge in [0.2, 0.25) is 5.78 Å². The van der Waals surface area contributed by atoms with Gasteiger partial charge in [-0.25, -0.2) is 0 Å². The minimum absolute atomic E-state index is 0.0544. The monoisotopic (exact) mass is 234 g/mol. The van der Waals surface area contributed by atoms with Crippen molar-refractivity contribution >= 4 is 5.78 Å². The molecular formula is C13H18N2O2. The third kappa shape index (κ3) is 2.40. The Morgan fingerprint density at radius 3 is 2.94 bits per heavy atom. The van der Waals surface area contributed by atoms with Crippen LogP contribution in [0.5, 0.6) is 0 Å². The molecule has 1 aromatic rings. The Balaban J connectivity index is 2.29. The van der Waals surface area contributed by atoms with Crippen molar-refractivity contribution in [1.82, 2.24) is 9.78 Å². The Morgan fingerprint density at radius 2 is 2.35 bits per heavy atom. The van der Waals surface area contributed by atoms with Crippen molar-refractivity contribution in [2.45, 2.75) is 39.7 Å². The first-order valence-corrected chi connectivity index (χ1v) is 6.18. The van der Waals surface area contributed by atoms with Crippen LogP contribution in [-0.4, -0.2) is 22.2 Å².